The minimum atomic E-state index is -0.512. The largest absolute Gasteiger partial charge is 0.387 e. The fourth-order valence-electron chi connectivity index (χ4n) is 2.91. The molecule has 0 spiro atoms. The summed E-state index contributed by atoms with van der Waals surface area (Å²) in [5.41, 5.74) is 5.38. The van der Waals surface area contributed by atoms with Crippen LogP contribution < -0.4 is 11.1 Å². The van der Waals surface area contributed by atoms with Crippen molar-refractivity contribution in [3.63, 3.8) is 0 Å². The van der Waals surface area contributed by atoms with Gasteiger partial charge in [-0.25, -0.2) is 0 Å². The van der Waals surface area contributed by atoms with Crippen LogP contribution in [0.25, 0.3) is 0 Å². The van der Waals surface area contributed by atoms with Crippen LogP contribution in [0.5, 0.6) is 0 Å². The van der Waals surface area contributed by atoms with Crippen molar-refractivity contribution in [2.24, 2.45) is 17.1 Å². The topological polar surface area (TPSA) is 58.3 Å². The predicted octanol–water partition coefficient (Wildman–Crippen LogP) is 0.476. The Kier molecular flexibility index (Phi) is 2.58. The van der Waals surface area contributed by atoms with E-state index in [0.717, 1.165) is 31.8 Å². The molecule has 0 bridgehead atoms. The van der Waals surface area contributed by atoms with Crippen molar-refractivity contribution in [3.8, 4) is 0 Å². The molecule has 1 saturated carbocycles. The standard InChI is InChI=1S/C11H22N2O/c1-9-2-4-10(6-12,5-3-9)11(14)7-13-8-11/h9,13-14H,2-8,12H2,1H3. The van der Waals surface area contributed by atoms with E-state index in [1.165, 1.54) is 12.8 Å². The Morgan fingerprint density at radius 3 is 2.29 bits per heavy atom. The average molecular weight is 198 g/mol. The Morgan fingerprint density at radius 2 is 1.93 bits per heavy atom. The number of rotatable bonds is 2. The molecular weight excluding hydrogens is 176 g/mol. The molecule has 2 fully saturated rings. The molecule has 2 aliphatic rings. The molecule has 0 aromatic carbocycles. The van der Waals surface area contributed by atoms with Gasteiger partial charge in [-0.15, -0.1) is 0 Å². The van der Waals surface area contributed by atoms with Gasteiger partial charge in [-0.1, -0.05) is 19.8 Å². The summed E-state index contributed by atoms with van der Waals surface area (Å²) in [6.07, 6.45) is 4.64. The Hall–Kier alpha value is -0.120. The summed E-state index contributed by atoms with van der Waals surface area (Å²) in [7, 11) is 0. The zero-order valence-electron chi connectivity index (χ0n) is 9.05. The van der Waals surface area contributed by atoms with E-state index in [1.807, 2.05) is 0 Å². The smallest absolute Gasteiger partial charge is 0.0962 e. The molecule has 0 unspecified atom stereocenters. The molecule has 82 valence electrons. The van der Waals surface area contributed by atoms with Crippen LogP contribution >= 0.6 is 0 Å². The molecule has 0 aromatic heterocycles. The molecule has 1 saturated heterocycles. The van der Waals surface area contributed by atoms with Crippen molar-refractivity contribution in [1.82, 2.24) is 5.32 Å². The van der Waals surface area contributed by atoms with E-state index in [2.05, 4.69) is 12.2 Å². The van der Waals surface area contributed by atoms with E-state index >= 15 is 0 Å². The Labute approximate surface area is 86.1 Å². The third-order valence-electron chi connectivity index (χ3n) is 4.44. The summed E-state index contributed by atoms with van der Waals surface area (Å²) < 4.78 is 0. The van der Waals surface area contributed by atoms with Crippen LogP contribution in [0.1, 0.15) is 32.6 Å². The van der Waals surface area contributed by atoms with Crippen molar-refractivity contribution in [2.75, 3.05) is 19.6 Å². The first-order valence-corrected chi connectivity index (χ1v) is 5.75. The number of β-amino-alcohol motifs (C(OH)–C–C–N with tert-alkyl or cyclic N) is 1. The van der Waals surface area contributed by atoms with Gasteiger partial charge in [0.05, 0.1) is 5.60 Å². The van der Waals surface area contributed by atoms with Gasteiger partial charge in [-0.2, -0.15) is 0 Å². The van der Waals surface area contributed by atoms with Crippen LogP contribution in [-0.4, -0.2) is 30.3 Å². The molecule has 4 N–H and O–H groups in total. The van der Waals surface area contributed by atoms with E-state index in [9.17, 15) is 5.11 Å². The molecule has 0 amide bonds. The first kappa shape index (κ1) is 10.4. The lowest BCUT2D eigenvalue weighted by Crippen LogP contribution is -2.70. The maximum absolute atomic E-state index is 10.4. The summed E-state index contributed by atoms with van der Waals surface area (Å²) in [6, 6.07) is 0. The fourth-order valence-corrected chi connectivity index (χ4v) is 2.91. The molecule has 0 atom stereocenters. The second-order valence-electron chi connectivity index (χ2n) is 5.30. The van der Waals surface area contributed by atoms with E-state index in [4.69, 9.17) is 5.73 Å². The Balaban J connectivity index is 2.09. The summed E-state index contributed by atoms with van der Waals surface area (Å²) >= 11 is 0. The number of nitrogens with two attached hydrogens (primary N) is 1. The second-order valence-corrected chi connectivity index (χ2v) is 5.30. The molecule has 2 rings (SSSR count). The number of aliphatic hydroxyl groups is 1. The van der Waals surface area contributed by atoms with E-state index in [0.29, 0.717) is 6.54 Å². The van der Waals surface area contributed by atoms with Gasteiger partial charge in [0.25, 0.3) is 0 Å². The van der Waals surface area contributed by atoms with Crippen LogP contribution in [0, 0.1) is 11.3 Å². The van der Waals surface area contributed by atoms with Crippen molar-refractivity contribution >= 4 is 0 Å². The van der Waals surface area contributed by atoms with Gasteiger partial charge in [0.1, 0.15) is 0 Å². The molecule has 1 heterocycles. The van der Waals surface area contributed by atoms with Crippen LogP contribution in [0.15, 0.2) is 0 Å². The third kappa shape index (κ3) is 1.38. The SMILES string of the molecule is CC1CCC(CN)(C2(O)CNC2)CC1. The second kappa shape index (κ2) is 3.47. The molecule has 1 aliphatic heterocycles. The quantitative estimate of drug-likeness (QED) is 0.605. The lowest BCUT2D eigenvalue weighted by molar-refractivity contribution is -0.135. The van der Waals surface area contributed by atoms with Crippen molar-refractivity contribution in [3.05, 3.63) is 0 Å². The first-order chi connectivity index (χ1) is 6.62. The third-order valence-corrected chi connectivity index (χ3v) is 4.44. The monoisotopic (exact) mass is 198 g/mol. The number of hydrogen-bond donors (Lipinski definition) is 3. The van der Waals surface area contributed by atoms with Gasteiger partial charge in [-0.05, 0) is 18.8 Å². The highest BCUT2D eigenvalue weighted by Crippen LogP contribution is 2.47. The van der Waals surface area contributed by atoms with E-state index in [-0.39, 0.29) is 5.41 Å². The minimum Gasteiger partial charge on any atom is -0.387 e. The van der Waals surface area contributed by atoms with Crippen molar-refractivity contribution < 1.29 is 5.11 Å². The summed E-state index contributed by atoms with van der Waals surface area (Å²) in [6.45, 7) is 4.40. The van der Waals surface area contributed by atoms with E-state index < -0.39 is 5.60 Å². The normalized spacial score (nSPS) is 41.8. The van der Waals surface area contributed by atoms with Gasteiger partial charge in [0.15, 0.2) is 0 Å². The summed E-state index contributed by atoms with van der Waals surface area (Å²) in [4.78, 5) is 0. The molecule has 3 nitrogen and oxygen atoms in total. The highest BCUT2D eigenvalue weighted by molar-refractivity contribution is 5.08. The van der Waals surface area contributed by atoms with Gasteiger partial charge in [0.2, 0.25) is 0 Å². The Morgan fingerprint density at radius 1 is 1.36 bits per heavy atom. The first-order valence-electron chi connectivity index (χ1n) is 5.75. The summed E-state index contributed by atoms with van der Waals surface area (Å²) in [5, 5.41) is 13.6. The van der Waals surface area contributed by atoms with Crippen LogP contribution in [0.3, 0.4) is 0 Å². The molecule has 1 aliphatic carbocycles. The van der Waals surface area contributed by atoms with E-state index in [1.54, 1.807) is 0 Å². The summed E-state index contributed by atoms with van der Waals surface area (Å²) in [5.74, 6) is 0.811. The molecule has 0 radical (unpaired) electrons. The zero-order valence-corrected chi connectivity index (χ0v) is 9.05. The van der Waals surface area contributed by atoms with Crippen LogP contribution in [0.4, 0.5) is 0 Å². The fraction of sp³-hybridized carbons (Fsp3) is 1.00. The minimum absolute atomic E-state index is 0.00472. The highest BCUT2D eigenvalue weighted by Gasteiger charge is 2.53. The zero-order chi connectivity index (χ0) is 10.2. The maximum Gasteiger partial charge on any atom is 0.0962 e. The van der Waals surface area contributed by atoms with Gasteiger partial charge < -0.3 is 16.2 Å². The van der Waals surface area contributed by atoms with Crippen LogP contribution in [-0.2, 0) is 0 Å². The van der Waals surface area contributed by atoms with Crippen molar-refractivity contribution in [1.29, 1.82) is 0 Å². The molecule has 3 heteroatoms. The van der Waals surface area contributed by atoms with Crippen LogP contribution in [0.2, 0.25) is 0 Å². The molecule has 14 heavy (non-hydrogen) atoms. The maximum atomic E-state index is 10.4. The number of hydrogen-bond acceptors (Lipinski definition) is 3. The lowest BCUT2D eigenvalue weighted by Gasteiger charge is -2.55. The van der Waals surface area contributed by atoms with Gasteiger partial charge >= 0.3 is 0 Å². The molecular formula is C11H22N2O. The van der Waals surface area contributed by atoms with Crippen molar-refractivity contribution in [2.45, 2.75) is 38.2 Å². The molecule has 0 aromatic rings. The lowest BCUT2D eigenvalue weighted by atomic mass is 9.59. The average Bonchev–Trinajstić information content (AvgIpc) is 2.16. The highest BCUT2D eigenvalue weighted by atomic mass is 16.3. The van der Waals surface area contributed by atoms with Gasteiger partial charge in [0, 0.05) is 25.0 Å². The Bertz CT molecular complexity index is 205. The van der Waals surface area contributed by atoms with Gasteiger partial charge in [-0.3, -0.25) is 0 Å². The predicted molar refractivity (Wildman–Crippen MR) is 56.9 cm³/mol. The number of nitrogens with one attached hydrogen (secondary N) is 1.